The molecule has 0 heterocycles. The maximum atomic E-state index is 13.8. The standard InChI is InChI=1S/C22H28N2O6S/c1-23(2)13-14-24(18-9-7-6-8-10-18)31(26,27)20-16-17(11-12-21(25)29-4)15-19(28-3)22(20)30-5/h6-12,15-16H,13-14H2,1-5H3/b12-11+. The first-order valence-corrected chi connectivity index (χ1v) is 10.9. The number of benzene rings is 2. The molecule has 0 amide bonds. The van der Waals surface area contributed by atoms with Crippen LogP contribution < -0.4 is 13.8 Å². The van der Waals surface area contributed by atoms with Gasteiger partial charge in [-0.1, -0.05) is 18.2 Å². The summed E-state index contributed by atoms with van der Waals surface area (Å²) in [7, 11) is 3.77. The van der Waals surface area contributed by atoms with Crippen LogP contribution in [0.2, 0.25) is 0 Å². The summed E-state index contributed by atoms with van der Waals surface area (Å²) in [5.74, 6) is -0.242. The number of carbonyl (C=O) groups is 1. The average molecular weight is 449 g/mol. The van der Waals surface area contributed by atoms with Gasteiger partial charge in [-0.05, 0) is 50.0 Å². The second-order valence-corrected chi connectivity index (χ2v) is 8.66. The van der Waals surface area contributed by atoms with E-state index in [9.17, 15) is 13.2 Å². The van der Waals surface area contributed by atoms with Crippen molar-refractivity contribution in [3.8, 4) is 11.5 Å². The molecule has 0 bridgehead atoms. The minimum atomic E-state index is -4.04. The predicted octanol–water partition coefficient (Wildman–Crippen LogP) is 2.65. The Bertz CT molecular complexity index is 1020. The van der Waals surface area contributed by atoms with E-state index in [1.54, 1.807) is 30.3 Å². The minimum Gasteiger partial charge on any atom is -0.493 e. The largest absolute Gasteiger partial charge is 0.493 e. The lowest BCUT2D eigenvalue weighted by Crippen LogP contribution is -2.37. The average Bonchev–Trinajstić information content (AvgIpc) is 2.77. The summed E-state index contributed by atoms with van der Waals surface area (Å²) >= 11 is 0. The summed E-state index contributed by atoms with van der Waals surface area (Å²) in [5, 5.41) is 0. The zero-order valence-electron chi connectivity index (χ0n) is 18.4. The quantitative estimate of drug-likeness (QED) is 0.408. The minimum absolute atomic E-state index is 0.0681. The lowest BCUT2D eigenvalue weighted by atomic mass is 10.2. The van der Waals surface area contributed by atoms with Crippen LogP contribution in [0.3, 0.4) is 0 Å². The Hall–Kier alpha value is -3.04. The van der Waals surface area contributed by atoms with Crippen LogP contribution >= 0.6 is 0 Å². The van der Waals surface area contributed by atoms with Crippen molar-refractivity contribution in [1.29, 1.82) is 0 Å². The lowest BCUT2D eigenvalue weighted by molar-refractivity contribution is -0.134. The highest BCUT2D eigenvalue weighted by Crippen LogP contribution is 2.38. The summed E-state index contributed by atoms with van der Waals surface area (Å²) in [5.41, 5.74) is 0.975. The summed E-state index contributed by atoms with van der Waals surface area (Å²) in [6, 6.07) is 11.9. The molecule has 0 fully saturated rings. The van der Waals surface area contributed by atoms with E-state index in [0.29, 0.717) is 17.8 Å². The molecule has 0 aliphatic rings. The van der Waals surface area contributed by atoms with Gasteiger partial charge < -0.3 is 19.1 Å². The SMILES string of the molecule is COC(=O)/C=C/c1cc(OC)c(OC)c(S(=O)(=O)N(CCN(C)C)c2ccccc2)c1. The number of nitrogens with zero attached hydrogens (tertiary/aromatic N) is 2. The van der Waals surface area contributed by atoms with Crippen LogP contribution in [0.4, 0.5) is 5.69 Å². The number of rotatable bonds is 10. The van der Waals surface area contributed by atoms with Gasteiger partial charge in [0.15, 0.2) is 11.5 Å². The van der Waals surface area contributed by atoms with E-state index in [4.69, 9.17) is 9.47 Å². The molecule has 0 radical (unpaired) electrons. The van der Waals surface area contributed by atoms with Crippen molar-refractivity contribution in [3.05, 3.63) is 54.1 Å². The van der Waals surface area contributed by atoms with Crippen molar-refractivity contribution in [1.82, 2.24) is 4.90 Å². The molecule has 2 aromatic carbocycles. The lowest BCUT2D eigenvalue weighted by Gasteiger charge is -2.27. The molecule has 0 N–H and O–H groups in total. The molecular weight excluding hydrogens is 420 g/mol. The van der Waals surface area contributed by atoms with E-state index in [0.717, 1.165) is 0 Å². The van der Waals surface area contributed by atoms with Gasteiger partial charge in [0.2, 0.25) is 0 Å². The van der Waals surface area contributed by atoms with Gasteiger partial charge in [-0.25, -0.2) is 13.2 Å². The Balaban J connectivity index is 2.67. The highest BCUT2D eigenvalue weighted by molar-refractivity contribution is 7.93. The van der Waals surface area contributed by atoms with Gasteiger partial charge in [-0.2, -0.15) is 0 Å². The van der Waals surface area contributed by atoms with Crippen molar-refractivity contribution in [2.75, 3.05) is 52.8 Å². The third-order valence-corrected chi connectivity index (χ3v) is 6.28. The first-order chi connectivity index (χ1) is 14.7. The maximum absolute atomic E-state index is 13.8. The molecular formula is C22H28N2O6S. The number of hydrogen-bond donors (Lipinski definition) is 0. The molecule has 0 atom stereocenters. The highest BCUT2D eigenvalue weighted by Gasteiger charge is 2.30. The van der Waals surface area contributed by atoms with E-state index in [1.807, 2.05) is 25.1 Å². The number of hydrogen-bond acceptors (Lipinski definition) is 7. The molecule has 0 aliphatic carbocycles. The number of carbonyl (C=O) groups excluding carboxylic acids is 1. The summed E-state index contributed by atoms with van der Waals surface area (Å²) in [6.07, 6.45) is 2.66. The van der Waals surface area contributed by atoms with Gasteiger partial charge in [0, 0.05) is 19.2 Å². The smallest absolute Gasteiger partial charge is 0.330 e. The number of anilines is 1. The van der Waals surface area contributed by atoms with E-state index in [-0.39, 0.29) is 22.9 Å². The highest BCUT2D eigenvalue weighted by atomic mass is 32.2. The van der Waals surface area contributed by atoms with Gasteiger partial charge >= 0.3 is 5.97 Å². The van der Waals surface area contributed by atoms with Crippen LogP contribution in [0.1, 0.15) is 5.56 Å². The van der Waals surface area contributed by atoms with Crippen molar-refractivity contribution < 1.29 is 27.4 Å². The first-order valence-electron chi connectivity index (χ1n) is 9.49. The van der Waals surface area contributed by atoms with Gasteiger partial charge in [0.05, 0.1) is 27.0 Å². The van der Waals surface area contributed by atoms with E-state index in [2.05, 4.69) is 4.74 Å². The van der Waals surface area contributed by atoms with Crippen LogP contribution in [-0.4, -0.2) is 67.8 Å². The van der Waals surface area contributed by atoms with Gasteiger partial charge in [0.1, 0.15) is 4.90 Å². The Labute approximate surface area is 183 Å². The topological polar surface area (TPSA) is 85.4 Å². The van der Waals surface area contributed by atoms with Crippen molar-refractivity contribution in [3.63, 3.8) is 0 Å². The molecule has 31 heavy (non-hydrogen) atoms. The maximum Gasteiger partial charge on any atom is 0.330 e. The Kier molecular flexibility index (Phi) is 8.47. The molecule has 168 valence electrons. The van der Waals surface area contributed by atoms with E-state index >= 15 is 0 Å². The Morgan fingerprint density at radius 1 is 1.00 bits per heavy atom. The molecule has 0 saturated carbocycles. The molecule has 0 spiro atoms. The van der Waals surface area contributed by atoms with E-state index in [1.165, 1.54) is 43.9 Å². The fourth-order valence-corrected chi connectivity index (χ4v) is 4.52. The Morgan fingerprint density at radius 2 is 1.68 bits per heavy atom. The zero-order chi connectivity index (χ0) is 23.0. The number of para-hydroxylation sites is 1. The van der Waals surface area contributed by atoms with E-state index < -0.39 is 16.0 Å². The van der Waals surface area contributed by atoms with Crippen LogP contribution in [0.5, 0.6) is 11.5 Å². The van der Waals surface area contributed by atoms with Gasteiger partial charge in [-0.3, -0.25) is 4.31 Å². The number of esters is 1. The van der Waals surface area contributed by atoms with Gasteiger partial charge in [-0.15, -0.1) is 0 Å². The molecule has 0 unspecified atom stereocenters. The number of methoxy groups -OCH3 is 3. The van der Waals surface area contributed by atoms with Crippen LogP contribution in [-0.2, 0) is 19.6 Å². The number of likely N-dealkylation sites (N-methyl/N-ethyl adjacent to an activating group) is 1. The molecule has 0 saturated heterocycles. The summed E-state index contributed by atoms with van der Waals surface area (Å²) < 4.78 is 44.3. The van der Waals surface area contributed by atoms with Crippen LogP contribution in [0, 0.1) is 0 Å². The second-order valence-electron chi connectivity index (χ2n) is 6.83. The normalized spacial score (nSPS) is 11.5. The fourth-order valence-electron chi connectivity index (χ4n) is 2.86. The molecule has 0 aromatic heterocycles. The predicted molar refractivity (Wildman–Crippen MR) is 120 cm³/mol. The molecule has 8 nitrogen and oxygen atoms in total. The fraction of sp³-hybridized carbons (Fsp3) is 0.318. The monoisotopic (exact) mass is 448 g/mol. The molecule has 2 rings (SSSR count). The number of sulfonamides is 1. The van der Waals surface area contributed by atoms with Crippen LogP contribution in [0.15, 0.2) is 53.4 Å². The van der Waals surface area contributed by atoms with Gasteiger partial charge in [0.25, 0.3) is 10.0 Å². The van der Waals surface area contributed by atoms with Crippen LogP contribution in [0.25, 0.3) is 6.08 Å². The third kappa shape index (κ3) is 5.99. The Morgan fingerprint density at radius 3 is 2.23 bits per heavy atom. The number of ether oxygens (including phenoxy) is 3. The van der Waals surface area contributed by atoms with Crippen molar-refractivity contribution in [2.24, 2.45) is 0 Å². The van der Waals surface area contributed by atoms with Crippen molar-refractivity contribution >= 4 is 27.8 Å². The summed E-state index contributed by atoms with van der Waals surface area (Å²) in [6.45, 7) is 0.739. The second kappa shape index (κ2) is 10.8. The molecule has 0 aliphatic heterocycles. The molecule has 9 heteroatoms. The van der Waals surface area contributed by atoms with Crippen molar-refractivity contribution in [2.45, 2.75) is 4.90 Å². The summed E-state index contributed by atoms with van der Waals surface area (Å²) in [4.78, 5) is 13.3. The third-order valence-electron chi connectivity index (χ3n) is 4.44. The molecule has 2 aromatic rings. The first kappa shape index (κ1) is 24.2. The zero-order valence-corrected chi connectivity index (χ0v) is 19.2.